The molecule has 0 fully saturated rings. The summed E-state index contributed by atoms with van der Waals surface area (Å²) in [4.78, 5) is 23.0. The maximum atomic E-state index is 11.6. The van der Waals surface area contributed by atoms with E-state index in [4.69, 9.17) is 0 Å². The predicted octanol–water partition coefficient (Wildman–Crippen LogP) is 2.18. The molecule has 21 heavy (non-hydrogen) atoms. The molecule has 0 aliphatic carbocycles. The number of carbonyl (C=O) groups is 1. The van der Waals surface area contributed by atoms with Crippen molar-refractivity contribution < 1.29 is 9.90 Å². The fourth-order valence-electron chi connectivity index (χ4n) is 1.90. The summed E-state index contributed by atoms with van der Waals surface area (Å²) in [6.45, 7) is 4.06. The number of Topliss-reactive ketones (excluding diaryl/α,β-unsaturated/α-hetero) is 1. The van der Waals surface area contributed by atoms with Gasteiger partial charge >= 0.3 is 5.69 Å². The molecule has 1 heterocycles. The second-order valence-corrected chi connectivity index (χ2v) is 5.59. The Morgan fingerprint density at radius 1 is 1.48 bits per heavy atom. The number of H-pyrrole nitrogens is 1. The number of carbonyl (C=O) groups excluding carboxylic acids is 1. The largest absolute Gasteiger partial charge is 0.508 e. The zero-order chi connectivity index (χ0) is 15.4. The fourth-order valence-corrected chi connectivity index (χ4v) is 2.85. The van der Waals surface area contributed by atoms with E-state index in [2.05, 4.69) is 10.2 Å². The van der Waals surface area contributed by atoms with Gasteiger partial charge in [0.05, 0.1) is 0 Å². The van der Waals surface area contributed by atoms with Gasteiger partial charge in [-0.2, -0.15) is 0 Å². The standard InChI is InChI=1S/C14H17N3O3S/c1-3-6-17-13(20)15-16-14(17)21-8-11-7-10(9(2)18)4-5-12(11)19/h4-5,7,19H,3,6,8H2,1-2H3,(H,15,20). The van der Waals surface area contributed by atoms with Crippen molar-refractivity contribution in [2.45, 2.75) is 37.7 Å². The van der Waals surface area contributed by atoms with Crippen LogP contribution in [0.5, 0.6) is 5.75 Å². The van der Waals surface area contributed by atoms with E-state index in [1.165, 1.54) is 24.8 Å². The molecule has 0 unspecified atom stereocenters. The lowest BCUT2D eigenvalue weighted by Crippen LogP contribution is -2.17. The summed E-state index contributed by atoms with van der Waals surface area (Å²) in [5.74, 6) is 0.511. The molecule has 2 aromatic rings. The Kier molecular flexibility index (Phi) is 4.85. The van der Waals surface area contributed by atoms with Crippen LogP contribution in [0.2, 0.25) is 0 Å². The third kappa shape index (κ3) is 3.55. The summed E-state index contributed by atoms with van der Waals surface area (Å²) in [6.07, 6.45) is 0.831. The Hall–Kier alpha value is -2.02. The van der Waals surface area contributed by atoms with Crippen molar-refractivity contribution in [2.24, 2.45) is 0 Å². The number of hydrogen-bond acceptors (Lipinski definition) is 5. The van der Waals surface area contributed by atoms with Crippen molar-refractivity contribution in [3.63, 3.8) is 0 Å². The predicted molar refractivity (Wildman–Crippen MR) is 80.8 cm³/mol. The van der Waals surface area contributed by atoms with Crippen LogP contribution in [0.4, 0.5) is 0 Å². The van der Waals surface area contributed by atoms with Crippen LogP contribution in [0, 0.1) is 0 Å². The quantitative estimate of drug-likeness (QED) is 0.631. The van der Waals surface area contributed by atoms with Gasteiger partial charge in [-0.05, 0) is 31.5 Å². The van der Waals surface area contributed by atoms with Crippen molar-refractivity contribution in [1.82, 2.24) is 14.8 Å². The lowest BCUT2D eigenvalue weighted by atomic mass is 10.1. The van der Waals surface area contributed by atoms with Crippen LogP contribution in [0.15, 0.2) is 28.2 Å². The van der Waals surface area contributed by atoms with E-state index in [0.717, 1.165) is 6.42 Å². The summed E-state index contributed by atoms with van der Waals surface area (Å²) in [5.41, 5.74) is 0.962. The van der Waals surface area contributed by atoms with E-state index >= 15 is 0 Å². The molecule has 2 N–H and O–H groups in total. The third-order valence-electron chi connectivity index (χ3n) is 3.01. The van der Waals surface area contributed by atoms with Gasteiger partial charge in [-0.3, -0.25) is 9.36 Å². The first-order chi connectivity index (χ1) is 10.0. The number of thioether (sulfide) groups is 1. The van der Waals surface area contributed by atoms with Crippen LogP contribution in [-0.4, -0.2) is 25.7 Å². The SMILES string of the molecule is CCCn1c(SCc2cc(C(C)=O)ccc2O)n[nH]c1=O. The van der Waals surface area contributed by atoms with Gasteiger partial charge in [-0.25, -0.2) is 9.89 Å². The number of phenols is 1. The zero-order valence-electron chi connectivity index (χ0n) is 11.9. The van der Waals surface area contributed by atoms with Crippen LogP contribution in [-0.2, 0) is 12.3 Å². The molecule has 0 amide bonds. The number of hydrogen-bond donors (Lipinski definition) is 2. The number of aromatic nitrogens is 3. The van der Waals surface area contributed by atoms with E-state index in [1.807, 2.05) is 6.92 Å². The first-order valence-corrected chi connectivity index (χ1v) is 7.62. The highest BCUT2D eigenvalue weighted by molar-refractivity contribution is 7.98. The lowest BCUT2D eigenvalue weighted by Gasteiger charge is -2.07. The minimum Gasteiger partial charge on any atom is -0.508 e. The molecule has 6 nitrogen and oxygen atoms in total. The zero-order valence-corrected chi connectivity index (χ0v) is 12.7. The number of nitrogens with zero attached hydrogens (tertiary/aromatic N) is 2. The van der Waals surface area contributed by atoms with E-state index in [9.17, 15) is 14.7 Å². The Morgan fingerprint density at radius 2 is 2.24 bits per heavy atom. The van der Waals surface area contributed by atoms with E-state index < -0.39 is 0 Å². The molecule has 112 valence electrons. The number of phenolic OH excluding ortho intramolecular Hbond substituents is 1. The van der Waals surface area contributed by atoms with Crippen molar-refractivity contribution in [1.29, 1.82) is 0 Å². The van der Waals surface area contributed by atoms with Gasteiger partial charge in [0.2, 0.25) is 0 Å². The van der Waals surface area contributed by atoms with Gasteiger partial charge < -0.3 is 5.11 Å². The highest BCUT2D eigenvalue weighted by Gasteiger charge is 2.11. The summed E-state index contributed by atoms with van der Waals surface area (Å²) < 4.78 is 1.57. The molecule has 1 aromatic heterocycles. The molecule has 0 atom stereocenters. The fraction of sp³-hybridized carbons (Fsp3) is 0.357. The molecule has 0 saturated heterocycles. The number of rotatable bonds is 6. The molecule has 0 aliphatic rings. The molecule has 0 radical (unpaired) electrons. The van der Waals surface area contributed by atoms with Gasteiger partial charge in [0.1, 0.15) is 5.75 Å². The first kappa shape index (κ1) is 15.4. The Morgan fingerprint density at radius 3 is 2.90 bits per heavy atom. The molecule has 1 aromatic carbocycles. The van der Waals surface area contributed by atoms with E-state index in [-0.39, 0.29) is 17.2 Å². The van der Waals surface area contributed by atoms with Crippen molar-refractivity contribution in [3.8, 4) is 5.75 Å². The van der Waals surface area contributed by atoms with Gasteiger partial charge in [0, 0.05) is 23.4 Å². The van der Waals surface area contributed by atoms with E-state index in [1.54, 1.807) is 16.7 Å². The van der Waals surface area contributed by atoms with Crippen LogP contribution in [0.25, 0.3) is 0 Å². The van der Waals surface area contributed by atoms with Crippen LogP contribution < -0.4 is 5.69 Å². The van der Waals surface area contributed by atoms with Crippen LogP contribution >= 0.6 is 11.8 Å². The summed E-state index contributed by atoms with van der Waals surface area (Å²) >= 11 is 1.34. The molecular weight excluding hydrogens is 290 g/mol. The molecule has 0 aliphatic heterocycles. The molecule has 2 rings (SSSR count). The summed E-state index contributed by atoms with van der Waals surface area (Å²) in [6, 6.07) is 4.77. The highest BCUT2D eigenvalue weighted by atomic mass is 32.2. The Bertz CT molecular complexity index is 706. The number of ketones is 1. The van der Waals surface area contributed by atoms with Crippen LogP contribution in [0.3, 0.4) is 0 Å². The Labute approximate surface area is 126 Å². The monoisotopic (exact) mass is 307 g/mol. The first-order valence-electron chi connectivity index (χ1n) is 6.63. The Balaban J connectivity index is 2.18. The second kappa shape index (κ2) is 6.62. The van der Waals surface area contributed by atoms with Crippen molar-refractivity contribution >= 4 is 17.5 Å². The third-order valence-corrected chi connectivity index (χ3v) is 4.04. The van der Waals surface area contributed by atoms with E-state index in [0.29, 0.717) is 28.6 Å². The van der Waals surface area contributed by atoms with Crippen molar-refractivity contribution in [2.75, 3.05) is 0 Å². The minimum atomic E-state index is -0.235. The summed E-state index contributed by atoms with van der Waals surface area (Å²) in [7, 11) is 0. The normalized spacial score (nSPS) is 10.8. The maximum absolute atomic E-state index is 11.6. The number of nitrogens with one attached hydrogen (secondary N) is 1. The van der Waals surface area contributed by atoms with Crippen LogP contribution in [0.1, 0.15) is 36.2 Å². The molecular formula is C14H17N3O3S. The van der Waals surface area contributed by atoms with Gasteiger partial charge in [-0.1, -0.05) is 18.7 Å². The maximum Gasteiger partial charge on any atom is 0.343 e. The molecule has 0 saturated carbocycles. The van der Waals surface area contributed by atoms with Gasteiger partial charge in [0.15, 0.2) is 10.9 Å². The van der Waals surface area contributed by atoms with Crippen molar-refractivity contribution in [3.05, 3.63) is 39.8 Å². The average molecular weight is 307 g/mol. The smallest absolute Gasteiger partial charge is 0.343 e. The highest BCUT2D eigenvalue weighted by Crippen LogP contribution is 2.27. The molecule has 7 heteroatoms. The molecule has 0 bridgehead atoms. The second-order valence-electron chi connectivity index (χ2n) is 4.65. The number of aromatic hydroxyl groups is 1. The lowest BCUT2D eigenvalue weighted by molar-refractivity contribution is 0.101. The minimum absolute atomic E-state index is 0.0519. The average Bonchev–Trinajstić information content (AvgIpc) is 2.79. The number of aromatic amines is 1. The van der Waals surface area contributed by atoms with Gasteiger partial charge in [-0.15, -0.1) is 5.10 Å². The number of benzene rings is 1. The summed E-state index contributed by atoms with van der Waals surface area (Å²) in [5, 5.41) is 16.8. The molecule has 0 spiro atoms. The van der Waals surface area contributed by atoms with Gasteiger partial charge in [0.25, 0.3) is 0 Å². The topological polar surface area (TPSA) is 88.0 Å².